The van der Waals surface area contributed by atoms with Crippen molar-refractivity contribution in [2.75, 3.05) is 6.61 Å². The molecule has 0 amide bonds. The van der Waals surface area contributed by atoms with Gasteiger partial charge in [-0.2, -0.15) is 0 Å². The van der Waals surface area contributed by atoms with Gasteiger partial charge in [-0.3, -0.25) is 0 Å². The van der Waals surface area contributed by atoms with Crippen LogP contribution < -0.4 is 4.74 Å². The van der Waals surface area contributed by atoms with Gasteiger partial charge < -0.3 is 9.47 Å². The van der Waals surface area contributed by atoms with Crippen LogP contribution in [0, 0.1) is 6.92 Å². The summed E-state index contributed by atoms with van der Waals surface area (Å²) >= 11 is 9.61. The van der Waals surface area contributed by atoms with Gasteiger partial charge in [-0.15, -0.1) is 11.6 Å². The molecular formula is C14H18BrClO2. The Labute approximate surface area is 122 Å². The summed E-state index contributed by atoms with van der Waals surface area (Å²) in [5.41, 5.74) is 1.12. The number of rotatable bonds is 5. The van der Waals surface area contributed by atoms with Crippen LogP contribution in [0.5, 0.6) is 5.75 Å². The molecule has 18 heavy (non-hydrogen) atoms. The molecule has 3 atom stereocenters. The lowest BCUT2D eigenvalue weighted by Gasteiger charge is -2.40. The summed E-state index contributed by atoms with van der Waals surface area (Å²) in [5, 5.41) is 0.0808. The summed E-state index contributed by atoms with van der Waals surface area (Å²) in [5.74, 6) is 0.914. The molecule has 1 aromatic rings. The van der Waals surface area contributed by atoms with Crippen molar-refractivity contribution in [2.45, 2.75) is 44.3 Å². The summed E-state index contributed by atoms with van der Waals surface area (Å²) < 4.78 is 12.8. The maximum atomic E-state index is 6.16. The number of alkyl halides is 1. The molecule has 0 radical (unpaired) electrons. The van der Waals surface area contributed by atoms with Gasteiger partial charge in [-0.1, -0.05) is 22.9 Å². The molecular weight excluding hydrogens is 316 g/mol. The van der Waals surface area contributed by atoms with E-state index in [1.165, 1.54) is 0 Å². The minimum Gasteiger partial charge on any atom is -0.487 e. The van der Waals surface area contributed by atoms with Crippen molar-refractivity contribution >= 4 is 27.5 Å². The van der Waals surface area contributed by atoms with Crippen molar-refractivity contribution in [1.29, 1.82) is 0 Å². The summed E-state index contributed by atoms with van der Waals surface area (Å²) in [6.45, 7) is 4.88. The fourth-order valence-corrected chi connectivity index (χ4v) is 2.90. The quantitative estimate of drug-likeness (QED) is 0.748. The molecule has 1 aromatic carbocycles. The highest BCUT2D eigenvalue weighted by molar-refractivity contribution is 9.10. The fourth-order valence-electron chi connectivity index (χ4n) is 2.02. The molecule has 2 rings (SSSR count). The molecule has 0 saturated heterocycles. The Morgan fingerprint density at radius 1 is 1.44 bits per heavy atom. The third kappa shape index (κ3) is 3.19. The molecule has 1 aliphatic rings. The van der Waals surface area contributed by atoms with Gasteiger partial charge in [0.1, 0.15) is 18.0 Å². The maximum Gasteiger partial charge on any atom is 0.128 e. The minimum atomic E-state index is 0.0228. The van der Waals surface area contributed by atoms with Crippen molar-refractivity contribution in [1.82, 2.24) is 0 Å². The Kier molecular flexibility index (Phi) is 4.93. The molecule has 0 spiro atoms. The number of benzene rings is 1. The molecule has 0 N–H and O–H groups in total. The largest absolute Gasteiger partial charge is 0.487 e. The molecule has 3 unspecified atom stereocenters. The van der Waals surface area contributed by atoms with E-state index < -0.39 is 0 Å². The number of ether oxygens (including phenoxy) is 2. The second-order valence-electron chi connectivity index (χ2n) is 4.65. The predicted octanol–water partition coefficient (Wildman–Crippen LogP) is 4.31. The Hall–Kier alpha value is -0.250. The predicted molar refractivity (Wildman–Crippen MR) is 77.6 cm³/mol. The number of aryl methyl sites for hydroxylation is 1. The molecule has 1 saturated carbocycles. The van der Waals surface area contributed by atoms with Crippen LogP contribution >= 0.6 is 27.5 Å². The second-order valence-corrected chi connectivity index (χ2v) is 6.13. The third-order valence-corrected chi connectivity index (χ3v) is 4.03. The highest BCUT2D eigenvalue weighted by atomic mass is 79.9. The van der Waals surface area contributed by atoms with Crippen molar-refractivity contribution in [3.05, 3.63) is 28.2 Å². The highest BCUT2D eigenvalue weighted by Gasteiger charge is 2.42. The standard InChI is InChI=1S/C14H18BrClO2/c1-3-6-17-14-11(16)8-13(14)18-12-5-4-10(15)7-9(12)2/h4-5,7,11,13-14H,3,6,8H2,1-2H3. The van der Waals surface area contributed by atoms with Crippen LogP contribution in [0.1, 0.15) is 25.3 Å². The van der Waals surface area contributed by atoms with Crippen LogP contribution in [-0.2, 0) is 4.74 Å². The van der Waals surface area contributed by atoms with E-state index in [9.17, 15) is 0 Å². The fraction of sp³-hybridized carbons (Fsp3) is 0.571. The molecule has 100 valence electrons. The molecule has 0 aromatic heterocycles. The highest BCUT2D eigenvalue weighted by Crippen LogP contribution is 2.34. The van der Waals surface area contributed by atoms with Crippen molar-refractivity contribution in [3.63, 3.8) is 0 Å². The lowest BCUT2D eigenvalue weighted by Crippen LogP contribution is -2.52. The van der Waals surface area contributed by atoms with Crippen molar-refractivity contribution in [3.8, 4) is 5.75 Å². The average molecular weight is 334 g/mol. The second kappa shape index (κ2) is 6.27. The van der Waals surface area contributed by atoms with E-state index in [0.29, 0.717) is 0 Å². The van der Waals surface area contributed by atoms with Crippen LogP contribution in [0.3, 0.4) is 0 Å². The first kappa shape index (κ1) is 14.2. The van der Waals surface area contributed by atoms with Gasteiger partial charge >= 0.3 is 0 Å². The van der Waals surface area contributed by atoms with E-state index in [1.807, 2.05) is 25.1 Å². The summed E-state index contributed by atoms with van der Waals surface area (Å²) in [7, 11) is 0. The zero-order valence-corrected chi connectivity index (χ0v) is 13.0. The van der Waals surface area contributed by atoms with Crippen LogP contribution in [-0.4, -0.2) is 24.2 Å². The molecule has 1 fully saturated rings. The zero-order chi connectivity index (χ0) is 13.1. The molecule has 1 aliphatic carbocycles. The first-order chi connectivity index (χ1) is 8.61. The number of hydrogen-bond acceptors (Lipinski definition) is 2. The van der Waals surface area contributed by atoms with Gasteiger partial charge in [0, 0.05) is 17.5 Å². The molecule has 2 nitrogen and oxygen atoms in total. The summed E-state index contributed by atoms with van der Waals surface area (Å²) in [6.07, 6.45) is 1.96. The molecule has 0 aliphatic heterocycles. The van der Waals surface area contributed by atoms with E-state index in [0.717, 1.165) is 35.2 Å². The Morgan fingerprint density at radius 3 is 2.83 bits per heavy atom. The van der Waals surface area contributed by atoms with E-state index in [2.05, 4.69) is 22.9 Å². The SMILES string of the molecule is CCCOC1C(Cl)CC1Oc1ccc(Br)cc1C. The van der Waals surface area contributed by atoms with E-state index in [1.54, 1.807) is 0 Å². The minimum absolute atomic E-state index is 0.0228. The summed E-state index contributed by atoms with van der Waals surface area (Å²) in [6, 6.07) is 6.02. The van der Waals surface area contributed by atoms with Gasteiger partial charge in [-0.05, 0) is 37.1 Å². The van der Waals surface area contributed by atoms with E-state index in [4.69, 9.17) is 21.1 Å². The number of halogens is 2. The number of hydrogen-bond donors (Lipinski definition) is 0. The van der Waals surface area contributed by atoms with Gasteiger partial charge in [0.15, 0.2) is 0 Å². The molecule has 4 heteroatoms. The Balaban J connectivity index is 1.96. The average Bonchev–Trinajstić information content (AvgIpc) is 2.32. The smallest absolute Gasteiger partial charge is 0.128 e. The lowest BCUT2D eigenvalue weighted by molar-refractivity contribution is -0.0799. The van der Waals surface area contributed by atoms with Gasteiger partial charge in [0.05, 0.1) is 5.38 Å². The summed E-state index contributed by atoms with van der Waals surface area (Å²) in [4.78, 5) is 0. The van der Waals surface area contributed by atoms with Crippen LogP contribution in [0.25, 0.3) is 0 Å². The topological polar surface area (TPSA) is 18.5 Å². The van der Waals surface area contributed by atoms with E-state index >= 15 is 0 Å². The Morgan fingerprint density at radius 2 is 2.22 bits per heavy atom. The monoisotopic (exact) mass is 332 g/mol. The zero-order valence-electron chi connectivity index (χ0n) is 10.7. The lowest BCUT2D eigenvalue weighted by atomic mass is 9.90. The van der Waals surface area contributed by atoms with E-state index in [-0.39, 0.29) is 17.6 Å². The van der Waals surface area contributed by atoms with Gasteiger partial charge in [0.25, 0.3) is 0 Å². The van der Waals surface area contributed by atoms with Crippen LogP contribution in [0.2, 0.25) is 0 Å². The van der Waals surface area contributed by atoms with Crippen LogP contribution in [0.15, 0.2) is 22.7 Å². The van der Waals surface area contributed by atoms with Crippen molar-refractivity contribution < 1.29 is 9.47 Å². The van der Waals surface area contributed by atoms with Gasteiger partial charge in [-0.25, -0.2) is 0 Å². The maximum absolute atomic E-state index is 6.16. The Bertz CT molecular complexity index is 411. The molecule has 0 heterocycles. The molecule has 0 bridgehead atoms. The first-order valence-corrected chi connectivity index (χ1v) is 7.53. The first-order valence-electron chi connectivity index (χ1n) is 6.30. The van der Waals surface area contributed by atoms with Gasteiger partial charge in [0.2, 0.25) is 0 Å². The van der Waals surface area contributed by atoms with Crippen LogP contribution in [0.4, 0.5) is 0 Å². The third-order valence-electron chi connectivity index (χ3n) is 3.11. The van der Waals surface area contributed by atoms with Crippen molar-refractivity contribution in [2.24, 2.45) is 0 Å². The normalized spacial score (nSPS) is 26.8.